The van der Waals surface area contributed by atoms with Crippen molar-refractivity contribution < 1.29 is 9.57 Å². The summed E-state index contributed by atoms with van der Waals surface area (Å²) in [7, 11) is 1.53. The van der Waals surface area contributed by atoms with Gasteiger partial charge in [0.25, 0.3) is 0 Å². The van der Waals surface area contributed by atoms with Crippen LogP contribution in [0.25, 0.3) is 11.1 Å². The van der Waals surface area contributed by atoms with Crippen LogP contribution in [0.1, 0.15) is 49.9 Å². The van der Waals surface area contributed by atoms with Crippen molar-refractivity contribution in [3.8, 4) is 28.7 Å². The largest absolute Gasteiger partial charge is 0.492 e. The summed E-state index contributed by atoms with van der Waals surface area (Å²) in [6, 6.07) is 18.7. The first-order valence-corrected chi connectivity index (χ1v) is 12.7. The smallest absolute Gasteiger partial charge is 0.128 e. The second-order valence-corrected chi connectivity index (χ2v) is 9.51. The van der Waals surface area contributed by atoms with Gasteiger partial charge in [-0.05, 0) is 74.6 Å². The summed E-state index contributed by atoms with van der Waals surface area (Å²) < 4.78 is 6.16. The molecule has 4 rings (SSSR count). The molecular weight excluding hydrogens is 470 g/mol. The lowest BCUT2D eigenvalue weighted by atomic mass is 9.98. The van der Waals surface area contributed by atoms with E-state index in [0.29, 0.717) is 29.4 Å². The van der Waals surface area contributed by atoms with Gasteiger partial charge in [-0.15, -0.1) is 0 Å². The zero-order valence-electron chi connectivity index (χ0n) is 21.1. The zero-order valence-corrected chi connectivity index (χ0v) is 21.8. The molecule has 0 aliphatic carbocycles. The third-order valence-corrected chi connectivity index (χ3v) is 6.82. The van der Waals surface area contributed by atoms with Crippen molar-refractivity contribution in [2.24, 2.45) is 5.16 Å². The summed E-state index contributed by atoms with van der Waals surface area (Å²) in [4.78, 5) is 11.9. The minimum absolute atomic E-state index is 0.596. The fourth-order valence-corrected chi connectivity index (χ4v) is 4.69. The Morgan fingerprint density at radius 3 is 2.47 bits per heavy atom. The minimum Gasteiger partial charge on any atom is -0.492 e. The van der Waals surface area contributed by atoms with Gasteiger partial charge in [0.2, 0.25) is 0 Å². The summed E-state index contributed by atoms with van der Waals surface area (Å²) >= 11 is 5.98. The lowest BCUT2D eigenvalue weighted by Gasteiger charge is -2.38. The Morgan fingerprint density at radius 1 is 1.03 bits per heavy atom. The van der Waals surface area contributed by atoms with E-state index in [9.17, 15) is 0 Å². The number of hydrogen-bond donors (Lipinski definition) is 0. The maximum absolute atomic E-state index is 6.16. The summed E-state index contributed by atoms with van der Waals surface area (Å²) in [6.07, 6.45) is 7.29. The molecule has 1 aliphatic rings. The average molecular weight is 502 g/mol. The van der Waals surface area contributed by atoms with Gasteiger partial charge in [0, 0.05) is 46.5 Å². The van der Waals surface area contributed by atoms with Gasteiger partial charge in [-0.1, -0.05) is 47.3 Å². The number of ether oxygens (including phenoxy) is 1. The van der Waals surface area contributed by atoms with Crippen LogP contribution in [0.3, 0.4) is 0 Å². The van der Waals surface area contributed by atoms with Crippen LogP contribution in [0, 0.1) is 11.8 Å². The Morgan fingerprint density at radius 2 is 1.78 bits per heavy atom. The second kappa shape index (κ2) is 12.6. The molecule has 2 heterocycles. The quantitative estimate of drug-likeness (QED) is 0.213. The molecule has 1 fully saturated rings. The van der Waals surface area contributed by atoms with E-state index in [1.807, 2.05) is 60.8 Å². The molecule has 1 aliphatic heterocycles. The van der Waals surface area contributed by atoms with Crippen LogP contribution in [-0.2, 0) is 4.84 Å². The molecule has 0 saturated carbocycles. The Bertz CT molecular complexity index is 1220. The standard InChI is InChI=1S/C30H32ClN3O2/c1-22-5-4-6-23(2)34(22)17-18-36-30-16-8-24(19-27(30)21-33-35-3)7-14-29-15-11-26(20-32-29)25-9-12-28(31)13-10-25/h8-13,15-16,19-23H,4-6,17-18H2,1-3H3/b33-21+. The van der Waals surface area contributed by atoms with Gasteiger partial charge < -0.3 is 9.57 Å². The van der Waals surface area contributed by atoms with Crippen molar-refractivity contribution in [2.75, 3.05) is 20.3 Å². The maximum atomic E-state index is 6.16. The predicted molar refractivity (Wildman–Crippen MR) is 147 cm³/mol. The highest BCUT2D eigenvalue weighted by Crippen LogP contribution is 2.24. The second-order valence-electron chi connectivity index (χ2n) is 9.07. The van der Waals surface area contributed by atoms with Gasteiger partial charge in [0.15, 0.2) is 0 Å². The number of benzene rings is 2. The summed E-state index contributed by atoms with van der Waals surface area (Å²) in [6.45, 7) is 6.14. The molecule has 0 bridgehead atoms. The maximum Gasteiger partial charge on any atom is 0.128 e. The van der Waals surface area contributed by atoms with E-state index in [1.54, 1.807) is 6.21 Å². The molecule has 186 valence electrons. The molecule has 6 heteroatoms. The predicted octanol–water partition coefficient (Wildman–Crippen LogP) is 6.42. The topological polar surface area (TPSA) is 47.0 Å². The van der Waals surface area contributed by atoms with Gasteiger partial charge in [0.05, 0.1) is 6.21 Å². The van der Waals surface area contributed by atoms with Crippen molar-refractivity contribution in [1.82, 2.24) is 9.88 Å². The van der Waals surface area contributed by atoms with Crippen LogP contribution in [0.15, 0.2) is 65.9 Å². The summed E-state index contributed by atoms with van der Waals surface area (Å²) in [5.41, 5.74) is 4.46. The molecule has 0 N–H and O–H groups in total. The molecule has 0 amide bonds. The molecule has 0 spiro atoms. The van der Waals surface area contributed by atoms with Gasteiger partial charge in [-0.25, -0.2) is 4.98 Å². The summed E-state index contributed by atoms with van der Waals surface area (Å²) in [5.74, 6) is 7.10. The van der Waals surface area contributed by atoms with Crippen molar-refractivity contribution >= 4 is 17.8 Å². The van der Waals surface area contributed by atoms with Crippen molar-refractivity contribution in [2.45, 2.75) is 45.2 Å². The Labute approximate surface area is 219 Å². The number of piperidine rings is 1. The van der Waals surface area contributed by atoms with Gasteiger partial charge in [-0.3, -0.25) is 4.90 Å². The van der Waals surface area contributed by atoms with Crippen LogP contribution in [-0.4, -0.2) is 48.4 Å². The molecule has 2 unspecified atom stereocenters. The van der Waals surface area contributed by atoms with E-state index >= 15 is 0 Å². The normalized spacial score (nSPS) is 18.0. The molecule has 2 atom stereocenters. The highest BCUT2D eigenvalue weighted by atomic mass is 35.5. The molecule has 5 nitrogen and oxygen atoms in total. The van der Waals surface area contributed by atoms with E-state index in [0.717, 1.165) is 34.5 Å². The van der Waals surface area contributed by atoms with E-state index in [-0.39, 0.29) is 0 Å². The van der Waals surface area contributed by atoms with Crippen LogP contribution in [0.2, 0.25) is 5.02 Å². The zero-order chi connectivity index (χ0) is 25.3. The number of hydrogen-bond acceptors (Lipinski definition) is 5. The summed E-state index contributed by atoms with van der Waals surface area (Å²) in [5, 5.41) is 4.66. The van der Waals surface area contributed by atoms with Crippen LogP contribution in [0.4, 0.5) is 0 Å². The number of aromatic nitrogens is 1. The number of nitrogens with zero attached hydrogens (tertiary/aromatic N) is 3. The van der Waals surface area contributed by atoms with E-state index in [2.05, 4.69) is 40.7 Å². The van der Waals surface area contributed by atoms with Crippen LogP contribution >= 0.6 is 11.6 Å². The van der Waals surface area contributed by atoms with Gasteiger partial charge >= 0.3 is 0 Å². The van der Waals surface area contributed by atoms with Gasteiger partial charge in [0.1, 0.15) is 25.2 Å². The van der Waals surface area contributed by atoms with Crippen molar-refractivity contribution in [1.29, 1.82) is 0 Å². The third-order valence-electron chi connectivity index (χ3n) is 6.57. The SMILES string of the molecule is CO/N=C/c1cc(C#Cc2ccc(-c3ccc(Cl)cc3)cn2)ccc1OCCN1C(C)CCCC1C. The van der Waals surface area contributed by atoms with Crippen LogP contribution < -0.4 is 4.74 Å². The Kier molecular flexibility index (Phi) is 9.00. The van der Waals surface area contributed by atoms with Crippen LogP contribution in [0.5, 0.6) is 5.75 Å². The highest BCUT2D eigenvalue weighted by Gasteiger charge is 2.24. The minimum atomic E-state index is 0.596. The average Bonchev–Trinajstić information content (AvgIpc) is 2.89. The molecule has 36 heavy (non-hydrogen) atoms. The lowest BCUT2D eigenvalue weighted by Crippen LogP contribution is -2.45. The first-order valence-electron chi connectivity index (χ1n) is 12.4. The number of pyridine rings is 1. The fourth-order valence-electron chi connectivity index (χ4n) is 4.56. The Balaban J connectivity index is 1.44. The highest BCUT2D eigenvalue weighted by molar-refractivity contribution is 6.30. The van der Waals surface area contributed by atoms with Gasteiger partial charge in [-0.2, -0.15) is 0 Å². The fraction of sp³-hybridized carbons (Fsp3) is 0.333. The molecule has 3 aromatic rings. The molecule has 1 saturated heterocycles. The molecular formula is C30H32ClN3O2. The first-order chi connectivity index (χ1) is 17.5. The van der Waals surface area contributed by atoms with Crippen molar-refractivity contribution in [3.63, 3.8) is 0 Å². The van der Waals surface area contributed by atoms with E-state index in [1.165, 1.54) is 26.4 Å². The molecule has 0 radical (unpaired) electrons. The number of likely N-dealkylation sites (tertiary alicyclic amines) is 1. The van der Waals surface area contributed by atoms with E-state index < -0.39 is 0 Å². The first kappa shape index (κ1) is 25.8. The number of oxime groups is 1. The number of halogens is 1. The molecule has 1 aromatic heterocycles. The monoisotopic (exact) mass is 501 g/mol. The number of rotatable bonds is 7. The lowest BCUT2D eigenvalue weighted by molar-refractivity contribution is 0.0851. The van der Waals surface area contributed by atoms with E-state index in [4.69, 9.17) is 21.2 Å². The third kappa shape index (κ3) is 6.87. The Hall–Kier alpha value is -3.33. The molecule has 2 aromatic carbocycles. The van der Waals surface area contributed by atoms with Crippen molar-refractivity contribution in [3.05, 3.63) is 82.6 Å².